The first-order chi connectivity index (χ1) is 9.74. The monoisotopic (exact) mass is 293 g/mol. The normalized spacial score (nSPS) is 12.6. The van der Waals surface area contributed by atoms with Gasteiger partial charge in [-0.25, -0.2) is 4.98 Å². The molecule has 0 bridgehead atoms. The first kappa shape index (κ1) is 14.9. The largest absolute Gasteiger partial charge is 0.308 e. The molecule has 0 saturated heterocycles. The van der Waals surface area contributed by atoms with Crippen LogP contribution in [0.1, 0.15) is 37.8 Å². The number of aromatic nitrogens is 4. The van der Waals surface area contributed by atoms with Gasteiger partial charge in [-0.1, -0.05) is 18.5 Å². The molecule has 0 aliphatic rings. The predicted molar refractivity (Wildman–Crippen MR) is 79.7 cm³/mol. The molecule has 1 atom stereocenters. The van der Waals surface area contributed by atoms with Crippen LogP contribution in [-0.4, -0.2) is 26.3 Å². The molecule has 0 aliphatic carbocycles. The summed E-state index contributed by atoms with van der Waals surface area (Å²) in [5.74, 6) is 0.970. The summed E-state index contributed by atoms with van der Waals surface area (Å²) in [5, 5.41) is 8.37. The number of rotatable bonds is 7. The lowest BCUT2D eigenvalue weighted by atomic mass is 10.1. The third kappa shape index (κ3) is 3.77. The summed E-state index contributed by atoms with van der Waals surface area (Å²) >= 11 is 5.90. The molecule has 0 aliphatic heterocycles. The number of pyridine rings is 1. The molecule has 1 N–H and O–H groups in total. The highest BCUT2D eigenvalue weighted by atomic mass is 35.5. The van der Waals surface area contributed by atoms with Crippen LogP contribution in [0.2, 0.25) is 5.02 Å². The van der Waals surface area contributed by atoms with Crippen molar-refractivity contribution in [3.8, 4) is 0 Å². The van der Waals surface area contributed by atoms with Crippen LogP contribution in [0.15, 0.2) is 24.7 Å². The van der Waals surface area contributed by atoms with Gasteiger partial charge < -0.3 is 5.32 Å². The summed E-state index contributed by atoms with van der Waals surface area (Å²) < 4.78 is 1.91. The van der Waals surface area contributed by atoms with E-state index in [1.165, 1.54) is 0 Å². The Morgan fingerprint density at radius 2 is 2.15 bits per heavy atom. The molecule has 5 nitrogen and oxygen atoms in total. The topological polar surface area (TPSA) is 55.6 Å². The second-order valence-electron chi connectivity index (χ2n) is 4.60. The molecule has 108 valence electrons. The number of aryl methyl sites for hydroxylation is 1. The summed E-state index contributed by atoms with van der Waals surface area (Å²) in [4.78, 5) is 8.75. The average Bonchev–Trinajstić information content (AvgIpc) is 2.91. The van der Waals surface area contributed by atoms with Gasteiger partial charge >= 0.3 is 0 Å². The van der Waals surface area contributed by atoms with E-state index >= 15 is 0 Å². The van der Waals surface area contributed by atoms with E-state index in [1.54, 1.807) is 12.5 Å². The van der Waals surface area contributed by atoms with Gasteiger partial charge in [0.15, 0.2) is 0 Å². The highest BCUT2D eigenvalue weighted by molar-refractivity contribution is 6.30. The highest BCUT2D eigenvalue weighted by Crippen LogP contribution is 2.17. The van der Waals surface area contributed by atoms with Gasteiger partial charge in [-0.2, -0.15) is 5.10 Å². The molecule has 0 saturated carbocycles. The van der Waals surface area contributed by atoms with Crippen LogP contribution in [-0.2, 0) is 13.0 Å². The van der Waals surface area contributed by atoms with Crippen molar-refractivity contribution < 1.29 is 0 Å². The van der Waals surface area contributed by atoms with E-state index < -0.39 is 0 Å². The smallest absolute Gasteiger partial charge is 0.138 e. The van der Waals surface area contributed by atoms with Crippen LogP contribution in [0, 0.1) is 0 Å². The fourth-order valence-electron chi connectivity index (χ4n) is 2.09. The minimum Gasteiger partial charge on any atom is -0.308 e. The summed E-state index contributed by atoms with van der Waals surface area (Å²) in [6, 6.07) is 3.96. The van der Waals surface area contributed by atoms with Gasteiger partial charge in [0.25, 0.3) is 0 Å². The maximum atomic E-state index is 5.90. The maximum Gasteiger partial charge on any atom is 0.138 e. The number of hydrogen-bond acceptors (Lipinski definition) is 4. The number of nitrogens with one attached hydrogen (secondary N) is 1. The molecule has 1 unspecified atom stereocenters. The molecule has 2 aromatic heterocycles. The Balaban J connectivity index is 2.17. The standard InChI is InChI=1S/C14H20ClN5/c1-3-7-16-13(12-6-5-11(15)9-17-12)8-14-18-10-19-20(14)4-2/h5-6,9-10,13,16H,3-4,7-8H2,1-2H3. The predicted octanol–water partition coefficient (Wildman–Crippen LogP) is 2.63. The average molecular weight is 294 g/mol. The zero-order valence-corrected chi connectivity index (χ0v) is 12.6. The minimum absolute atomic E-state index is 0.127. The van der Waals surface area contributed by atoms with Crippen molar-refractivity contribution in [2.45, 2.75) is 39.3 Å². The van der Waals surface area contributed by atoms with Crippen molar-refractivity contribution in [1.29, 1.82) is 0 Å². The zero-order valence-electron chi connectivity index (χ0n) is 11.9. The van der Waals surface area contributed by atoms with Crippen LogP contribution in [0.25, 0.3) is 0 Å². The van der Waals surface area contributed by atoms with Crippen molar-refractivity contribution in [2.24, 2.45) is 0 Å². The van der Waals surface area contributed by atoms with Gasteiger partial charge in [0.05, 0.1) is 16.8 Å². The Morgan fingerprint density at radius 3 is 2.80 bits per heavy atom. The van der Waals surface area contributed by atoms with Crippen LogP contribution in [0.4, 0.5) is 0 Å². The molecule has 2 rings (SSSR count). The Bertz CT molecular complexity index is 523. The van der Waals surface area contributed by atoms with Gasteiger partial charge in [-0.05, 0) is 32.0 Å². The summed E-state index contributed by atoms with van der Waals surface area (Å²) in [5.41, 5.74) is 0.980. The van der Waals surface area contributed by atoms with E-state index in [9.17, 15) is 0 Å². The molecule has 2 heterocycles. The van der Waals surface area contributed by atoms with E-state index in [1.807, 2.05) is 16.8 Å². The molecule has 0 fully saturated rings. The minimum atomic E-state index is 0.127. The fraction of sp³-hybridized carbons (Fsp3) is 0.500. The van der Waals surface area contributed by atoms with Crippen LogP contribution in [0.3, 0.4) is 0 Å². The van der Waals surface area contributed by atoms with Crippen molar-refractivity contribution in [3.05, 3.63) is 41.2 Å². The van der Waals surface area contributed by atoms with Crippen LogP contribution in [0.5, 0.6) is 0 Å². The molecule has 0 aromatic carbocycles. The lowest BCUT2D eigenvalue weighted by molar-refractivity contribution is 0.488. The Labute approximate surface area is 124 Å². The van der Waals surface area contributed by atoms with Gasteiger partial charge in [-0.15, -0.1) is 0 Å². The zero-order chi connectivity index (χ0) is 14.4. The second-order valence-corrected chi connectivity index (χ2v) is 5.04. The molecule has 20 heavy (non-hydrogen) atoms. The fourth-order valence-corrected chi connectivity index (χ4v) is 2.20. The van der Waals surface area contributed by atoms with Crippen LogP contribution >= 0.6 is 11.6 Å². The van der Waals surface area contributed by atoms with Gasteiger partial charge in [-0.3, -0.25) is 9.67 Å². The number of nitrogens with zero attached hydrogens (tertiary/aromatic N) is 4. The first-order valence-electron chi connectivity index (χ1n) is 6.96. The third-order valence-corrected chi connectivity index (χ3v) is 3.35. The summed E-state index contributed by atoms with van der Waals surface area (Å²) in [7, 11) is 0. The molecular weight excluding hydrogens is 274 g/mol. The maximum absolute atomic E-state index is 5.90. The Hall–Kier alpha value is -1.46. The molecule has 0 radical (unpaired) electrons. The van der Waals surface area contributed by atoms with Gasteiger partial charge in [0.2, 0.25) is 0 Å². The molecule has 0 amide bonds. The quantitative estimate of drug-likeness (QED) is 0.852. The van der Waals surface area contributed by atoms with Gasteiger partial charge in [0, 0.05) is 19.2 Å². The van der Waals surface area contributed by atoms with Crippen molar-refractivity contribution >= 4 is 11.6 Å². The molecule has 2 aromatic rings. The Morgan fingerprint density at radius 1 is 1.30 bits per heavy atom. The SMILES string of the molecule is CCCNC(Cc1ncnn1CC)c1ccc(Cl)cn1. The molecule has 6 heteroatoms. The van der Waals surface area contributed by atoms with E-state index in [0.717, 1.165) is 37.4 Å². The second kappa shape index (κ2) is 7.36. The summed E-state index contributed by atoms with van der Waals surface area (Å²) in [6.45, 7) is 5.97. The lowest BCUT2D eigenvalue weighted by Gasteiger charge is -2.18. The van der Waals surface area contributed by atoms with Crippen LogP contribution < -0.4 is 5.32 Å². The van der Waals surface area contributed by atoms with Crippen molar-refractivity contribution in [3.63, 3.8) is 0 Å². The van der Waals surface area contributed by atoms with E-state index in [4.69, 9.17) is 11.6 Å². The number of halogens is 1. The van der Waals surface area contributed by atoms with Crippen molar-refractivity contribution in [1.82, 2.24) is 25.1 Å². The van der Waals surface area contributed by atoms with Crippen molar-refractivity contribution in [2.75, 3.05) is 6.54 Å². The van der Waals surface area contributed by atoms with Gasteiger partial charge in [0.1, 0.15) is 12.2 Å². The summed E-state index contributed by atoms with van der Waals surface area (Å²) in [6.07, 6.45) is 5.13. The third-order valence-electron chi connectivity index (χ3n) is 3.13. The molecular formula is C14H20ClN5. The van der Waals surface area contributed by atoms with E-state index in [2.05, 4.69) is 34.2 Å². The Kier molecular flexibility index (Phi) is 5.49. The lowest BCUT2D eigenvalue weighted by Crippen LogP contribution is -2.26. The highest BCUT2D eigenvalue weighted by Gasteiger charge is 2.16. The number of hydrogen-bond donors (Lipinski definition) is 1. The molecule has 0 spiro atoms. The van der Waals surface area contributed by atoms with E-state index in [0.29, 0.717) is 5.02 Å². The van der Waals surface area contributed by atoms with E-state index in [-0.39, 0.29) is 6.04 Å². The first-order valence-corrected chi connectivity index (χ1v) is 7.33.